The van der Waals surface area contributed by atoms with Gasteiger partial charge in [0.2, 0.25) is 0 Å². The Hall–Kier alpha value is -1.11. The average molecular weight is 467 g/mol. The van der Waals surface area contributed by atoms with E-state index in [1.54, 1.807) is 14.2 Å². The minimum Gasteiger partial charge on any atom is -0.415 e. The molecule has 8 heteroatoms. The van der Waals surface area contributed by atoms with Crippen molar-refractivity contribution in [1.82, 2.24) is 0 Å². The smallest absolute Gasteiger partial charge is 0.407 e. The van der Waals surface area contributed by atoms with Gasteiger partial charge in [-0.05, 0) is 50.4 Å². The molecule has 2 aromatic carbocycles. The summed E-state index contributed by atoms with van der Waals surface area (Å²) < 4.78 is 28.6. The van der Waals surface area contributed by atoms with Crippen LogP contribution in [-0.2, 0) is 21.8 Å². The number of hydrogen-bond donors (Lipinski definition) is 0. The molecule has 0 spiro atoms. The van der Waals surface area contributed by atoms with Crippen LogP contribution in [0.2, 0.25) is 26.2 Å². The molecule has 0 aliphatic rings. The quantitative estimate of drug-likeness (QED) is 0.495. The molecule has 168 valence electrons. The lowest BCUT2D eigenvalue weighted by Gasteiger charge is -2.30. The first-order valence-electron chi connectivity index (χ1n) is 10.4. The van der Waals surface area contributed by atoms with Crippen LogP contribution < -0.4 is 10.4 Å². The van der Waals surface area contributed by atoms with Crippen molar-refractivity contribution >= 4 is 36.1 Å². The number of hydrogen-bond acceptors (Lipinski definition) is 5. The molecule has 0 bridgehead atoms. The molecule has 0 aliphatic heterocycles. The van der Waals surface area contributed by atoms with Crippen LogP contribution in [0.25, 0.3) is 0 Å². The second-order valence-corrected chi connectivity index (χ2v) is 17.7. The lowest BCUT2D eigenvalue weighted by atomic mass is 10.4. The Morgan fingerprint density at radius 1 is 0.600 bits per heavy atom. The van der Waals surface area contributed by atoms with Gasteiger partial charge in [-0.15, -0.1) is 0 Å². The fourth-order valence-corrected chi connectivity index (χ4v) is 11.5. The third kappa shape index (κ3) is 8.20. The summed E-state index contributed by atoms with van der Waals surface area (Å²) in [5.74, 6) is 0. The molecule has 0 heterocycles. The van der Waals surface area contributed by atoms with Gasteiger partial charge in [0.1, 0.15) is 0 Å². The third-order valence-electron chi connectivity index (χ3n) is 4.48. The van der Waals surface area contributed by atoms with Crippen molar-refractivity contribution in [3.63, 3.8) is 0 Å². The zero-order chi connectivity index (χ0) is 22.7. The normalized spacial score (nSPS) is 12.3. The van der Waals surface area contributed by atoms with Gasteiger partial charge in [0.05, 0.1) is 0 Å². The SMILES string of the molecule is CCO[Si](OCC)(c1ccccc1)c1ccccc1.CO[Si](C)(C)O[Si](C)(C)OC. The summed E-state index contributed by atoms with van der Waals surface area (Å²) in [6, 6.07) is 20.6. The molecule has 2 rings (SSSR count). The van der Waals surface area contributed by atoms with E-state index in [-0.39, 0.29) is 0 Å². The van der Waals surface area contributed by atoms with Crippen molar-refractivity contribution in [2.75, 3.05) is 27.4 Å². The van der Waals surface area contributed by atoms with E-state index in [4.69, 9.17) is 21.8 Å². The van der Waals surface area contributed by atoms with Gasteiger partial charge >= 0.3 is 25.7 Å². The topological polar surface area (TPSA) is 46.2 Å². The lowest BCUT2D eigenvalue weighted by molar-refractivity contribution is 0.208. The fourth-order valence-electron chi connectivity index (χ4n) is 2.94. The van der Waals surface area contributed by atoms with E-state index in [9.17, 15) is 0 Å². The van der Waals surface area contributed by atoms with Gasteiger partial charge in [-0.25, -0.2) is 0 Å². The largest absolute Gasteiger partial charge is 0.415 e. The molecular formula is C22H38O5Si3. The highest BCUT2D eigenvalue weighted by Crippen LogP contribution is 2.14. The van der Waals surface area contributed by atoms with Crippen LogP contribution in [0.4, 0.5) is 0 Å². The molecule has 0 amide bonds. The minimum absolute atomic E-state index is 0.649. The molecule has 0 unspecified atom stereocenters. The first-order chi connectivity index (χ1) is 14.2. The van der Waals surface area contributed by atoms with E-state index in [1.165, 1.54) is 0 Å². The first-order valence-corrected chi connectivity index (χ1v) is 17.8. The highest BCUT2D eigenvalue weighted by atomic mass is 28.5. The maximum absolute atomic E-state index is 6.16. The summed E-state index contributed by atoms with van der Waals surface area (Å²) in [7, 11) is -2.97. The Morgan fingerprint density at radius 3 is 1.20 bits per heavy atom. The van der Waals surface area contributed by atoms with E-state index in [2.05, 4.69) is 24.3 Å². The predicted molar refractivity (Wildman–Crippen MR) is 131 cm³/mol. The summed E-state index contributed by atoms with van der Waals surface area (Å²) in [5.41, 5.74) is 0. The molecule has 0 saturated heterocycles. The summed E-state index contributed by atoms with van der Waals surface area (Å²) in [4.78, 5) is 0. The molecule has 2 aromatic rings. The fraction of sp³-hybridized carbons (Fsp3) is 0.455. The lowest BCUT2D eigenvalue weighted by Crippen LogP contribution is -2.63. The molecule has 0 saturated carbocycles. The van der Waals surface area contributed by atoms with Gasteiger partial charge in [-0.3, -0.25) is 0 Å². The van der Waals surface area contributed by atoms with Crippen LogP contribution in [0.15, 0.2) is 60.7 Å². The van der Waals surface area contributed by atoms with E-state index >= 15 is 0 Å². The van der Waals surface area contributed by atoms with Gasteiger partial charge in [-0.2, -0.15) is 0 Å². The van der Waals surface area contributed by atoms with Crippen LogP contribution in [-0.4, -0.2) is 53.1 Å². The molecule has 5 nitrogen and oxygen atoms in total. The van der Waals surface area contributed by atoms with Crippen LogP contribution in [0.1, 0.15) is 13.8 Å². The third-order valence-corrected chi connectivity index (χ3v) is 14.0. The van der Waals surface area contributed by atoms with Crippen molar-refractivity contribution in [2.45, 2.75) is 40.0 Å². The Labute approximate surface area is 186 Å². The maximum Gasteiger partial charge on any atom is 0.407 e. The van der Waals surface area contributed by atoms with Crippen molar-refractivity contribution in [1.29, 1.82) is 0 Å². The zero-order valence-corrected chi connectivity index (χ0v) is 22.7. The minimum atomic E-state index is -2.55. The molecular weight excluding hydrogens is 428 g/mol. The molecule has 0 N–H and O–H groups in total. The van der Waals surface area contributed by atoms with Gasteiger partial charge in [0.25, 0.3) is 0 Å². The highest BCUT2D eigenvalue weighted by molar-refractivity contribution is 6.92. The first kappa shape index (κ1) is 26.9. The van der Waals surface area contributed by atoms with Crippen LogP contribution in [0, 0.1) is 0 Å². The molecule has 0 fully saturated rings. The monoisotopic (exact) mass is 466 g/mol. The van der Waals surface area contributed by atoms with Crippen molar-refractivity contribution in [3.8, 4) is 0 Å². The van der Waals surface area contributed by atoms with Crippen molar-refractivity contribution in [2.24, 2.45) is 0 Å². The van der Waals surface area contributed by atoms with Gasteiger partial charge in [-0.1, -0.05) is 60.7 Å². The summed E-state index contributed by atoms with van der Waals surface area (Å²) in [5, 5.41) is 2.31. The number of benzene rings is 2. The molecule has 0 radical (unpaired) electrons. The molecule has 30 heavy (non-hydrogen) atoms. The van der Waals surface area contributed by atoms with Crippen LogP contribution in [0.5, 0.6) is 0 Å². The molecule has 0 aromatic heterocycles. The predicted octanol–water partition coefficient (Wildman–Crippen LogP) is 4.02. The van der Waals surface area contributed by atoms with E-state index in [0.29, 0.717) is 13.2 Å². The van der Waals surface area contributed by atoms with E-state index in [0.717, 1.165) is 10.4 Å². The maximum atomic E-state index is 6.16. The Bertz CT molecular complexity index is 650. The van der Waals surface area contributed by atoms with E-state index < -0.39 is 25.7 Å². The Balaban J connectivity index is 0.000000352. The van der Waals surface area contributed by atoms with E-state index in [1.807, 2.05) is 76.4 Å². The second kappa shape index (κ2) is 12.7. The van der Waals surface area contributed by atoms with Crippen LogP contribution in [0.3, 0.4) is 0 Å². The Morgan fingerprint density at radius 2 is 0.933 bits per heavy atom. The zero-order valence-electron chi connectivity index (χ0n) is 19.7. The van der Waals surface area contributed by atoms with Crippen molar-refractivity contribution < 1.29 is 21.8 Å². The summed E-state index contributed by atoms with van der Waals surface area (Å²) in [6.45, 7) is 13.4. The van der Waals surface area contributed by atoms with Crippen molar-refractivity contribution in [3.05, 3.63) is 60.7 Å². The summed E-state index contributed by atoms with van der Waals surface area (Å²) in [6.07, 6.45) is 0. The summed E-state index contributed by atoms with van der Waals surface area (Å²) >= 11 is 0. The van der Waals surface area contributed by atoms with Gasteiger partial charge in [0.15, 0.2) is 0 Å². The Kier molecular flexibility index (Phi) is 11.4. The molecule has 0 aliphatic carbocycles. The average Bonchev–Trinajstić information content (AvgIpc) is 2.74. The second-order valence-electron chi connectivity index (χ2n) is 7.52. The standard InChI is InChI=1S/C16H20O2Si.C6H18O3Si2/c1-3-17-19(18-4-2,15-11-7-5-8-12-15)16-13-9-6-10-14-16;1-7-10(3,4)9-11(5,6)8-2/h5-14H,3-4H2,1-2H3;1-6H3. The van der Waals surface area contributed by atoms with Gasteiger partial charge in [0, 0.05) is 27.4 Å². The van der Waals surface area contributed by atoms with Crippen LogP contribution >= 0.6 is 0 Å². The number of rotatable bonds is 10. The molecule has 0 atom stereocenters. The highest BCUT2D eigenvalue weighted by Gasteiger charge is 2.41. The van der Waals surface area contributed by atoms with Gasteiger partial charge < -0.3 is 21.8 Å².